The van der Waals surface area contributed by atoms with Crippen LogP contribution in [0.4, 0.5) is 0 Å². The number of aryl methyl sites for hydroxylation is 1. The molecule has 0 amide bonds. The summed E-state index contributed by atoms with van der Waals surface area (Å²) in [6, 6.07) is 0. The molecule has 2 heterocycles. The van der Waals surface area contributed by atoms with Crippen LogP contribution in [0.1, 0.15) is 5.56 Å². The molecule has 2 aromatic rings. The number of nitrogens with zero attached hydrogens (tertiary/aromatic N) is 4. The van der Waals surface area contributed by atoms with E-state index in [2.05, 4.69) is 20.1 Å². The van der Waals surface area contributed by atoms with Crippen LogP contribution in [0.5, 0.6) is 0 Å². The van der Waals surface area contributed by atoms with E-state index < -0.39 is 0 Å². The lowest BCUT2D eigenvalue weighted by atomic mass is 10.2. The Morgan fingerprint density at radius 3 is 2.86 bits per heavy atom. The van der Waals surface area contributed by atoms with Crippen LogP contribution in [0.15, 0.2) is 17.4 Å². The zero-order chi connectivity index (χ0) is 10.1. The van der Waals surface area contributed by atoms with E-state index in [0.717, 1.165) is 0 Å². The molecule has 0 saturated heterocycles. The molecule has 1 N–H and O–H groups in total. The maximum absolute atomic E-state index is 11.3. The Balaban J connectivity index is 2.69. The smallest absolute Gasteiger partial charge is 0.254 e. The maximum atomic E-state index is 11.3. The van der Waals surface area contributed by atoms with Gasteiger partial charge in [-0.25, -0.2) is 14.6 Å². The van der Waals surface area contributed by atoms with Gasteiger partial charge in [0.1, 0.15) is 12.0 Å². The van der Waals surface area contributed by atoms with E-state index in [9.17, 15) is 4.79 Å². The molecule has 0 saturated carbocycles. The first kappa shape index (κ1) is 8.61. The lowest BCUT2D eigenvalue weighted by Crippen LogP contribution is -2.12. The molecule has 0 aromatic carbocycles. The van der Waals surface area contributed by atoms with Crippen LogP contribution < -0.4 is 5.56 Å². The van der Waals surface area contributed by atoms with Crippen molar-refractivity contribution in [2.75, 3.05) is 0 Å². The number of aromatic nitrogens is 5. The molecular formula is C8H9N5O. The Morgan fingerprint density at radius 2 is 2.21 bits per heavy atom. The molecule has 0 bridgehead atoms. The fraction of sp³-hybridized carbons (Fsp3) is 0.250. The highest BCUT2D eigenvalue weighted by Gasteiger charge is 2.10. The lowest BCUT2D eigenvalue weighted by Gasteiger charge is -2.01. The Kier molecular flexibility index (Phi) is 1.88. The summed E-state index contributed by atoms with van der Waals surface area (Å²) in [6.45, 7) is 1.70. The highest BCUT2D eigenvalue weighted by molar-refractivity contribution is 5.52. The van der Waals surface area contributed by atoms with Crippen LogP contribution in [-0.4, -0.2) is 24.7 Å². The van der Waals surface area contributed by atoms with Gasteiger partial charge < -0.3 is 4.98 Å². The molecule has 0 fully saturated rings. The van der Waals surface area contributed by atoms with E-state index in [1.54, 1.807) is 18.7 Å². The van der Waals surface area contributed by atoms with Crippen LogP contribution in [0.2, 0.25) is 0 Å². The molecule has 0 aliphatic heterocycles. The highest BCUT2D eigenvalue weighted by atomic mass is 16.1. The van der Waals surface area contributed by atoms with E-state index >= 15 is 0 Å². The van der Waals surface area contributed by atoms with Crippen molar-refractivity contribution in [3.05, 3.63) is 28.6 Å². The van der Waals surface area contributed by atoms with Crippen molar-refractivity contribution in [3.8, 4) is 11.5 Å². The molecule has 6 heteroatoms. The number of aromatic amines is 1. The van der Waals surface area contributed by atoms with Gasteiger partial charge in [-0.05, 0) is 6.92 Å². The molecule has 2 aromatic heterocycles. The summed E-state index contributed by atoms with van der Waals surface area (Å²) >= 11 is 0. The molecule has 2 rings (SSSR count). The SMILES string of the molecule is Cc1c(-c2ncnn2C)nc[nH]c1=O. The zero-order valence-corrected chi connectivity index (χ0v) is 7.85. The molecule has 0 radical (unpaired) electrons. The average molecular weight is 191 g/mol. The summed E-state index contributed by atoms with van der Waals surface area (Å²) in [6.07, 6.45) is 2.79. The molecule has 6 nitrogen and oxygen atoms in total. The van der Waals surface area contributed by atoms with Gasteiger partial charge in [0.2, 0.25) is 0 Å². The lowest BCUT2D eigenvalue weighted by molar-refractivity contribution is 0.770. The third-order valence-corrected chi connectivity index (χ3v) is 2.01. The minimum Gasteiger partial charge on any atom is -0.313 e. The zero-order valence-electron chi connectivity index (χ0n) is 7.85. The summed E-state index contributed by atoms with van der Waals surface area (Å²) in [5, 5.41) is 3.92. The van der Waals surface area contributed by atoms with Gasteiger partial charge in [0.15, 0.2) is 5.82 Å². The highest BCUT2D eigenvalue weighted by Crippen LogP contribution is 2.12. The van der Waals surface area contributed by atoms with Gasteiger partial charge in [0.05, 0.1) is 6.33 Å². The summed E-state index contributed by atoms with van der Waals surface area (Å²) in [5.74, 6) is 0.591. The minimum absolute atomic E-state index is 0.155. The molecule has 0 unspecified atom stereocenters. The van der Waals surface area contributed by atoms with Gasteiger partial charge in [-0.3, -0.25) is 4.79 Å². The number of H-pyrrole nitrogens is 1. The van der Waals surface area contributed by atoms with E-state index in [0.29, 0.717) is 17.1 Å². The van der Waals surface area contributed by atoms with Crippen molar-refractivity contribution in [1.29, 1.82) is 0 Å². The van der Waals surface area contributed by atoms with Crippen molar-refractivity contribution in [2.45, 2.75) is 6.92 Å². The average Bonchev–Trinajstić information content (AvgIpc) is 2.57. The molecule has 0 atom stereocenters. The maximum Gasteiger partial charge on any atom is 0.254 e. The van der Waals surface area contributed by atoms with Gasteiger partial charge in [-0.1, -0.05) is 0 Å². The Labute approximate surface area is 79.6 Å². The second-order valence-electron chi connectivity index (χ2n) is 2.91. The molecule has 0 aliphatic rings. The van der Waals surface area contributed by atoms with Crippen molar-refractivity contribution >= 4 is 0 Å². The van der Waals surface area contributed by atoms with Crippen molar-refractivity contribution < 1.29 is 0 Å². The quantitative estimate of drug-likeness (QED) is 0.681. The van der Waals surface area contributed by atoms with E-state index in [-0.39, 0.29) is 5.56 Å². The molecule has 14 heavy (non-hydrogen) atoms. The van der Waals surface area contributed by atoms with Gasteiger partial charge in [0.25, 0.3) is 5.56 Å². The van der Waals surface area contributed by atoms with Crippen LogP contribution in [0.3, 0.4) is 0 Å². The Hall–Kier alpha value is -1.98. The van der Waals surface area contributed by atoms with Crippen LogP contribution in [-0.2, 0) is 7.05 Å². The number of rotatable bonds is 1. The fourth-order valence-corrected chi connectivity index (χ4v) is 1.20. The fourth-order valence-electron chi connectivity index (χ4n) is 1.20. The first-order valence-corrected chi connectivity index (χ1v) is 4.09. The van der Waals surface area contributed by atoms with Crippen LogP contribution >= 0.6 is 0 Å². The number of nitrogens with one attached hydrogen (secondary N) is 1. The first-order chi connectivity index (χ1) is 6.70. The standard InChI is InChI=1S/C8H9N5O/c1-5-6(9-3-11-8(5)14)7-10-4-12-13(7)2/h3-4H,1-2H3,(H,9,11,14). The van der Waals surface area contributed by atoms with E-state index in [1.165, 1.54) is 12.7 Å². The van der Waals surface area contributed by atoms with Gasteiger partial charge in [0, 0.05) is 12.6 Å². The molecule has 0 spiro atoms. The summed E-state index contributed by atoms with van der Waals surface area (Å²) in [7, 11) is 1.75. The molecule has 0 aliphatic carbocycles. The van der Waals surface area contributed by atoms with Crippen LogP contribution in [0.25, 0.3) is 11.5 Å². The third kappa shape index (κ3) is 1.20. The topological polar surface area (TPSA) is 76.5 Å². The summed E-state index contributed by atoms with van der Waals surface area (Å²) in [5.41, 5.74) is 0.954. The normalized spacial score (nSPS) is 10.4. The van der Waals surface area contributed by atoms with Gasteiger partial charge in [-0.15, -0.1) is 0 Å². The first-order valence-electron chi connectivity index (χ1n) is 4.09. The Bertz CT molecular complexity index is 512. The predicted molar refractivity (Wildman–Crippen MR) is 49.6 cm³/mol. The van der Waals surface area contributed by atoms with Crippen LogP contribution in [0, 0.1) is 6.92 Å². The summed E-state index contributed by atoms with van der Waals surface area (Å²) in [4.78, 5) is 21.9. The monoisotopic (exact) mass is 191 g/mol. The second-order valence-corrected chi connectivity index (χ2v) is 2.91. The van der Waals surface area contributed by atoms with Gasteiger partial charge >= 0.3 is 0 Å². The largest absolute Gasteiger partial charge is 0.313 e. The van der Waals surface area contributed by atoms with E-state index in [4.69, 9.17) is 0 Å². The van der Waals surface area contributed by atoms with Gasteiger partial charge in [-0.2, -0.15) is 5.10 Å². The van der Waals surface area contributed by atoms with Crippen molar-refractivity contribution in [2.24, 2.45) is 7.05 Å². The predicted octanol–water partition coefficient (Wildman–Crippen LogP) is -0.126. The Morgan fingerprint density at radius 1 is 1.43 bits per heavy atom. The molecular weight excluding hydrogens is 182 g/mol. The molecule has 72 valence electrons. The minimum atomic E-state index is -0.155. The van der Waals surface area contributed by atoms with Crippen molar-refractivity contribution in [3.63, 3.8) is 0 Å². The third-order valence-electron chi connectivity index (χ3n) is 2.01. The number of hydrogen-bond donors (Lipinski definition) is 1. The second kappa shape index (κ2) is 3.06. The van der Waals surface area contributed by atoms with Crippen molar-refractivity contribution in [1.82, 2.24) is 24.7 Å². The summed E-state index contributed by atoms with van der Waals surface area (Å²) < 4.78 is 1.58. The number of hydrogen-bond acceptors (Lipinski definition) is 4. The van der Waals surface area contributed by atoms with E-state index in [1.807, 2.05) is 0 Å².